The van der Waals surface area contributed by atoms with E-state index in [0.717, 1.165) is 33.4 Å². The Hall–Kier alpha value is -2.75. The van der Waals surface area contributed by atoms with Gasteiger partial charge in [-0.1, -0.05) is 12.1 Å². The van der Waals surface area contributed by atoms with Crippen LogP contribution in [-0.4, -0.2) is 37.9 Å². The summed E-state index contributed by atoms with van der Waals surface area (Å²) >= 11 is 1.72. The largest absolute Gasteiger partial charge is 0.453 e. The summed E-state index contributed by atoms with van der Waals surface area (Å²) in [6, 6.07) is 8.10. The molecule has 0 spiro atoms. The number of aromatic nitrogens is 5. The molecule has 0 radical (unpaired) electrons. The first-order valence-electron chi connectivity index (χ1n) is 9.73. The number of anilines is 1. The van der Waals surface area contributed by atoms with E-state index in [2.05, 4.69) is 26.3 Å². The number of halogens is 3. The summed E-state index contributed by atoms with van der Waals surface area (Å²) in [5, 5.41) is 12.5. The van der Waals surface area contributed by atoms with E-state index >= 15 is 0 Å². The monoisotopic (exact) mass is 432 g/mol. The molecule has 0 aliphatic carbocycles. The molecule has 5 rings (SSSR count). The number of hydrogen-bond acceptors (Lipinski definition) is 6. The van der Waals surface area contributed by atoms with Gasteiger partial charge in [0.05, 0.1) is 15.2 Å². The Labute approximate surface area is 174 Å². The number of aryl methyl sites for hydroxylation is 1. The molecule has 1 aliphatic heterocycles. The zero-order valence-corrected chi connectivity index (χ0v) is 17.3. The summed E-state index contributed by atoms with van der Waals surface area (Å²) in [6.45, 7) is 5.06. The SMILES string of the molecule is Cc1c(N2CCC(c3nc4ccccc4s3)CC2)nn2c(C(F)(F)F)nnc2c1C. The van der Waals surface area contributed by atoms with Crippen LogP contribution < -0.4 is 4.90 Å². The topological polar surface area (TPSA) is 59.2 Å². The summed E-state index contributed by atoms with van der Waals surface area (Å²) in [5.41, 5.74) is 2.66. The van der Waals surface area contributed by atoms with Gasteiger partial charge in [0.25, 0.3) is 5.82 Å². The van der Waals surface area contributed by atoms with Crippen molar-refractivity contribution >= 4 is 33.0 Å². The number of piperidine rings is 1. The van der Waals surface area contributed by atoms with E-state index in [1.807, 2.05) is 25.1 Å². The van der Waals surface area contributed by atoms with Crippen molar-refractivity contribution in [3.8, 4) is 0 Å². The van der Waals surface area contributed by atoms with Crippen LogP contribution in [-0.2, 0) is 6.18 Å². The van der Waals surface area contributed by atoms with Gasteiger partial charge < -0.3 is 4.90 Å². The normalized spacial score (nSPS) is 16.1. The lowest BCUT2D eigenvalue weighted by Crippen LogP contribution is -2.34. The van der Waals surface area contributed by atoms with E-state index in [1.54, 1.807) is 18.3 Å². The Bertz CT molecular complexity index is 1200. The van der Waals surface area contributed by atoms with Crippen molar-refractivity contribution < 1.29 is 13.2 Å². The maximum absolute atomic E-state index is 13.3. The van der Waals surface area contributed by atoms with Crippen molar-refractivity contribution in [1.82, 2.24) is 24.8 Å². The molecule has 0 atom stereocenters. The lowest BCUT2D eigenvalue weighted by atomic mass is 9.97. The Morgan fingerprint density at radius 1 is 1.03 bits per heavy atom. The van der Waals surface area contributed by atoms with E-state index in [4.69, 9.17) is 4.98 Å². The Kier molecular flexibility index (Phi) is 4.42. The average molecular weight is 432 g/mol. The van der Waals surface area contributed by atoms with Crippen molar-refractivity contribution in [3.63, 3.8) is 0 Å². The minimum Gasteiger partial charge on any atom is -0.355 e. The summed E-state index contributed by atoms with van der Waals surface area (Å²) in [7, 11) is 0. The highest BCUT2D eigenvalue weighted by Gasteiger charge is 2.38. The third-order valence-corrected chi connectivity index (χ3v) is 6.98. The van der Waals surface area contributed by atoms with Gasteiger partial charge in [0.2, 0.25) is 0 Å². The average Bonchev–Trinajstić information content (AvgIpc) is 3.35. The number of alkyl halides is 3. The summed E-state index contributed by atoms with van der Waals surface area (Å²) < 4.78 is 41.9. The molecule has 6 nitrogen and oxygen atoms in total. The number of nitrogens with zero attached hydrogens (tertiary/aromatic N) is 6. The second-order valence-corrected chi connectivity index (χ2v) is 8.67. The fourth-order valence-electron chi connectivity index (χ4n) is 3.99. The number of thiazole rings is 1. The number of fused-ring (bicyclic) bond motifs is 2. The quantitative estimate of drug-likeness (QED) is 0.457. The third kappa shape index (κ3) is 3.10. The molecule has 0 unspecified atom stereocenters. The zero-order valence-electron chi connectivity index (χ0n) is 16.4. The van der Waals surface area contributed by atoms with Gasteiger partial charge in [-0.15, -0.1) is 26.6 Å². The second kappa shape index (κ2) is 6.90. The predicted octanol–water partition coefficient (Wildman–Crippen LogP) is 4.75. The van der Waals surface area contributed by atoms with Crippen LogP contribution in [0.3, 0.4) is 0 Å². The van der Waals surface area contributed by atoms with Gasteiger partial charge in [-0.2, -0.15) is 17.7 Å². The van der Waals surface area contributed by atoms with Gasteiger partial charge >= 0.3 is 6.18 Å². The molecule has 30 heavy (non-hydrogen) atoms. The van der Waals surface area contributed by atoms with E-state index in [1.165, 1.54) is 4.70 Å². The molecule has 0 N–H and O–H groups in total. The lowest BCUT2D eigenvalue weighted by molar-refractivity contribution is -0.146. The van der Waals surface area contributed by atoms with Crippen LogP contribution in [0.5, 0.6) is 0 Å². The highest BCUT2D eigenvalue weighted by molar-refractivity contribution is 7.18. The first-order valence-corrected chi connectivity index (χ1v) is 10.5. The van der Waals surface area contributed by atoms with Gasteiger partial charge in [0.15, 0.2) is 11.5 Å². The molecule has 3 aromatic heterocycles. The van der Waals surface area contributed by atoms with E-state index in [9.17, 15) is 13.2 Å². The van der Waals surface area contributed by atoms with Crippen molar-refractivity contribution in [3.05, 3.63) is 46.2 Å². The summed E-state index contributed by atoms with van der Waals surface area (Å²) in [6.07, 6.45) is -2.84. The number of rotatable bonds is 2. The molecule has 1 fully saturated rings. The zero-order chi connectivity index (χ0) is 21.0. The molecular weight excluding hydrogens is 413 g/mol. The van der Waals surface area contributed by atoms with Gasteiger partial charge in [-0.3, -0.25) is 0 Å². The second-order valence-electron chi connectivity index (χ2n) is 7.61. The van der Waals surface area contributed by atoms with Crippen LogP contribution in [0.15, 0.2) is 24.3 Å². The molecule has 0 amide bonds. The molecule has 1 aliphatic rings. The minimum absolute atomic E-state index is 0.146. The lowest BCUT2D eigenvalue weighted by Gasteiger charge is -2.33. The maximum atomic E-state index is 13.3. The van der Waals surface area contributed by atoms with Crippen LogP contribution in [0, 0.1) is 13.8 Å². The maximum Gasteiger partial charge on any atom is 0.453 e. The van der Waals surface area contributed by atoms with E-state index in [-0.39, 0.29) is 5.65 Å². The number of benzene rings is 1. The first-order chi connectivity index (χ1) is 14.3. The molecule has 0 saturated carbocycles. The fourth-order valence-corrected chi connectivity index (χ4v) is 5.13. The molecule has 4 aromatic rings. The molecule has 1 saturated heterocycles. The highest BCUT2D eigenvalue weighted by atomic mass is 32.1. The van der Waals surface area contributed by atoms with Crippen LogP contribution in [0.25, 0.3) is 15.9 Å². The van der Waals surface area contributed by atoms with Crippen molar-refractivity contribution in [1.29, 1.82) is 0 Å². The van der Waals surface area contributed by atoms with Gasteiger partial charge in [-0.25, -0.2) is 4.98 Å². The molecular formula is C20H19F3N6S. The molecule has 156 valence electrons. The number of hydrogen-bond donors (Lipinski definition) is 0. The molecule has 1 aromatic carbocycles. The van der Waals surface area contributed by atoms with Gasteiger partial charge in [-0.05, 0) is 38.8 Å². The fraction of sp³-hybridized carbons (Fsp3) is 0.400. The van der Waals surface area contributed by atoms with Crippen LogP contribution in [0.2, 0.25) is 0 Å². The Morgan fingerprint density at radius 2 is 1.77 bits per heavy atom. The standard InChI is InChI=1S/C20H19F3N6S/c1-11-12(2)17(27-29-16(11)25-26-19(29)20(21,22)23)28-9-7-13(8-10-28)18-24-14-5-3-4-6-15(14)30-18/h3-6,13H,7-10H2,1-2H3. The minimum atomic E-state index is -4.61. The number of para-hydroxylation sites is 1. The summed E-state index contributed by atoms with van der Waals surface area (Å²) in [4.78, 5) is 6.84. The van der Waals surface area contributed by atoms with Crippen LogP contribution in [0.1, 0.15) is 40.7 Å². The van der Waals surface area contributed by atoms with Crippen molar-refractivity contribution in [2.24, 2.45) is 0 Å². The summed E-state index contributed by atoms with van der Waals surface area (Å²) in [5.74, 6) is -0.177. The van der Waals surface area contributed by atoms with Gasteiger partial charge in [0, 0.05) is 30.1 Å². The van der Waals surface area contributed by atoms with Gasteiger partial charge in [0.1, 0.15) is 0 Å². The van der Waals surface area contributed by atoms with Crippen LogP contribution in [0.4, 0.5) is 19.0 Å². The van der Waals surface area contributed by atoms with Crippen molar-refractivity contribution in [2.75, 3.05) is 18.0 Å². The van der Waals surface area contributed by atoms with Crippen LogP contribution >= 0.6 is 11.3 Å². The van der Waals surface area contributed by atoms with Crippen molar-refractivity contribution in [2.45, 2.75) is 38.8 Å². The highest BCUT2D eigenvalue weighted by Crippen LogP contribution is 2.36. The molecule has 10 heteroatoms. The van der Waals surface area contributed by atoms with E-state index in [0.29, 0.717) is 30.4 Å². The Balaban J connectivity index is 1.43. The molecule has 0 bridgehead atoms. The third-order valence-electron chi connectivity index (χ3n) is 5.78. The molecule has 4 heterocycles. The van der Waals surface area contributed by atoms with E-state index < -0.39 is 12.0 Å². The first kappa shape index (κ1) is 19.2. The predicted molar refractivity (Wildman–Crippen MR) is 109 cm³/mol. The smallest absolute Gasteiger partial charge is 0.355 e. The Morgan fingerprint density at radius 3 is 2.47 bits per heavy atom.